The molecule has 42 heavy (non-hydrogen) atoms. The molecule has 1 aliphatic rings. The number of carboxylic acids is 1. The lowest BCUT2D eigenvalue weighted by Crippen LogP contribution is -2.60. The van der Waals surface area contributed by atoms with E-state index in [1.807, 2.05) is 42.5 Å². The van der Waals surface area contributed by atoms with E-state index in [-0.39, 0.29) is 18.7 Å². The van der Waals surface area contributed by atoms with Gasteiger partial charge in [-0.15, -0.1) is 0 Å². The van der Waals surface area contributed by atoms with Gasteiger partial charge in [-0.05, 0) is 54.8 Å². The van der Waals surface area contributed by atoms with Crippen LogP contribution >= 0.6 is 0 Å². The summed E-state index contributed by atoms with van der Waals surface area (Å²) in [7, 11) is 0. The van der Waals surface area contributed by atoms with Gasteiger partial charge in [0.05, 0.1) is 5.69 Å². The number of benzene rings is 2. The summed E-state index contributed by atoms with van der Waals surface area (Å²) in [5.41, 5.74) is 5.52. The molecule has 0 radical (unpaired) electrons. The first-order valence-electron chi connectivity index (χ1n) is 14.2. The molecule has 1 aliphatic heterocycles. The van der Waals surface area contributed by atoms with Crippen molar-refractivity contribution in [3.05, 3.63) is 83.7 Å². The van der Waals surface area contributed by atoms with Crippen molar-refractivity contribution in [2.75, 3.05) is 6.54 Å². The Bertz CT molecular complexity index is 1460. The zero-order valence-electron chi connectivity index (χ0n) is 23.9. The first-order chi connectivity index (χ1) is 20.2. The van der Waals surface area contributed by atoms with Crippen LogP contribution in [0.15, 0.2) is 66.9 Å². The van der Waals surface area contributed by atoms with Crippen molar-refractivity contribution in [2.24, 2.45) is 0 Å². The number of nitrogens with zero attached hydrogens (tertiary/aromatic N) is 2. The van der Waals surface area contributed by atoms with Gasteiger partial charge in [0.15, 0.2) is 0 Å². The maximum absolute atomic E-state index is 13.3. The van der Waals surface area contributed by atoms with E-state index in [2.05, 4.69) is 40.1 Å². The van der Waals surface area contributed by atoms with Gasteiger partial charge in [0.1, 0.15) is 18.1 Å². The summed E-state index contributed by atoms with van der Waals surface area (Å²) in [5.74, 6) is -2.34. The molecule has 4 rings (SSSR count). The molecule has 1 aromatic heterocycles. The molecule has 1 fully saturated rings. The molecule has 0 saturated carbocycles. The maximum atomic E-state index is 13.3. The fraction of sp³-hybridized carbons (Fsp3) is 0.344. The minimum Gasteiger partial charge on any atom is -0.480 e. The Hall–Kier alpha value is -4.57. The highest BCUT2D eigenvalue weighted by atomic mass is 16.4. The van der Waals surface area contributed by atoms with Crippen molar-refractivity contribution < 1.29 is 24.3 Å². The van der Waals surface area contributed by atoms with Crippen LogP contribution < -0.4 is 16.1 Å². The minimum absolute atomic E-state index is 0.0377. The lowest BCUT2D eigenvalue weighted by Gasteiger charge is -2.33. The van der Waals surface area contributed by atoms with Gasteiger partial charge in [0.25, 0.3) is 5.91 Å². The summed E-state index contributed by atoms with van der Waals surface area (Å²) >= 11 is 0. The van der Waals surface area contributed by atoms with Crippen LogP contribution in [0.25, 0.3) is 16.8 Å². The quantitative estimate of drug-likeness (QED) is 0.277. The maximum Gasteiger partial charge on any atom is 0.322 e. The first kappa shape index (κ1) is 30.4. The second kappa shape index (κ2) is 14.4. The smallest absolute Gasteiger partial charge is 0.322 e. The zero-order chi connectivity index (χ0) is 30.1. The van der Waals surface area contributed by atoms with Gasteiger partial charge in [-0.2, -0.15) is 0 Å². The fourth-order valence-corrected chi connectivity index (χ4v) is 4.85. The van der Waals surface area contributed by atoms with Gasteiger partial charge in [-0.1, -0.05) is 61.5 Å². The van der Waals surface area contributed by atoms with Crippen molar-refractivity contribution in [3.8, 4) is 0 Å². The first-order valence-corrected chi connectivity index (χ1v) is 14.2. The van der Waals surface area contributed by atoms with Crippen LogP contribution in [0.5, 0.6) is 0 Å². The van der Waals surface area contributed by atoms with Crippen molar-refractivity contribution in [1.82, 2.24) is 26.1 Å². The molecule has 1 saturated heterocycles. The summed E-state index contributed by atoms with van der Waals surface area (Å²) in [6.45, 7) is 3.98. The number of carbonyl (C=O) groups is 4. The minimum atomic E-state index is -1.04. The molecule has 0 spiro atoms. The van der Waals surface area contributed by atoms with Crippen molar-refractivity contribution in [2.45, 2.75) is 64.1 Å². The number of fused-ring (bicyclic) bond motifs is 1. The SMILES string of the molecule is CCc1ccc2cnc(/C=C/CC(=O)N[C@@H](Cc3ccccc3)C(=O)N[C@@H](C)C(=O)N3CCC[C@@H](C(=O)O)N3)cc2c1. The summed E-state index contributed by atoms with van der Waals surface area (Å²) in [6, 6.07) is 14.8. The monoisotopic (exact) mass is 571 g/mol. The van der Waals surface area contributed by atoms with Gasteiger partial charge in [-0.3, -0.25) is 29.2 Å². The van der Waals surface area contributed by atoms with Gasteiger partial charge in [0.2, 0.25) is 11.8 Å². The van der Waals surface area contributed by atoms with E-state index in [0.717, 1.165) is 28.5 Å². The van der Waals surface area contributed by atoms with E-state index in [0.29, 0.717) is 19.4 Å². The normalized spacial score (nSPS) is 16.6. The zero-order valence-corrected chi connectivity index (χ0v) is 23.9. The van der Waals surface area contributed by atoms with E-state index < -0.39 is 35.9 Å². The predicted molar refractivity (Wildman–Crippen MR) is 160 cm³/mol. The lowest BCUT2D eigenvalue weighted by molar-refractivity contribution is -0.148. The second-order valence-electron chi connectivity index (χ2n) is 10.4. The number of amides is 3. The Morgan fingerprint density at radius 2 is 1.86 bits per heavy atom. The molecule has 4 N–H and O–H groups in total. The Balaban J connectivity index is 1.39. The van der Waals surface area contributed by atoms with Crippen LogP contribution in [0.3, 0.4) is 0 Å². The number of nitrogens with one attached hydrogen (secondary N) is 3. The molecule has 2 aromatic carbocycles. The molecule has 220 valence electrons. The number of carbonyl (C=O) groups excluding carboxylic acids is 3. The molecule has 0 bridgehead atoms. The molecule has 3 aromatic rings. The van der Waals surface area contributed by atoms with Crippen LogP contribution in [0, 0.1) is 0 Å². The molecule has 2 heterocycles. The van der Waals surface area contributed by atoms with Crippen molar-refractivity contribution in [1.29, 1.82) is 0 Å². The van der Waals surface area contributed by atoms with Crippen molar-refractivity contribution in [3.63, 3.8) is 0 Å². The number of aliphatic carboxylic acids is 1. The molecule has 3 atom stereocenters. The number of hydrazine groups is 1. The summed E-state index contributed by atoms with van der Waals surface area (Å²) in [4.78, 5) is 54.9. The fourth-order valence-electron chi connectivity index (χ4n) is 4.85. The van der Waals surface area contributed by atoms with E-state index in [9.17, 15) is 24.3 Å². The lowest BCUT2D eigenvalue weighted by atomic mass is 10.0. The molecular weight excluding hydrogens is 534 g/mol. The van der Waals surface area contributed by atoms with Crippen LogP contribution in [0.2, 0.25) is 0 Å². The van der Waals surface area contributed by atoms with Crippen LogP contribution in [0.4, 0.5) is 0 Å². The number of rotatable bonds is 11. The Morgan fingerprint density at radius 1 is 1.07 bits per heavy atom. The largest absolute Gasteiger partial charge is 0.480 e. The standard InChI is InChI=1S/C32H37N5O5/c1-3-22-14-15-24-20-33-26(19-25(24)17-22)11-7-13-29(38)35-28(18-23-9-5-4-6-10-23)30(39)34-21(2)31(40)37-16-8-12-27(36-37)32(41)42/h4-7,9-11,14-15,17,19-21,27-28,36H,3,8,12-13,16,18H2,1-2H3,(H,34,39)(H,35,38)(H,41,42)/b11-7+/t21-,27-,28-/m0/s1. The van der Waals surface area contributed by atoms with Gasteiger partial charge in [-0.25, -0.2) is 5.43 Å². The number of carboxylic acid groups (broad SMARTS) is 1. The van der Waals surface area contributed by atoms with Gasteiger partial charge < -0.3 is 15.7 Å². The number of hydrogen-bond acceptors (Lipinski definition) is 6. The van der Waals surface area contributed by atoms with E-state index in [1.165, 1.54) is 17.5 Å². The molecule has 0 aliphatic carbocycles. The van der Waals surface area contributed by atoms with E-state index in [1.54, 1.807) is 18.3 Å². The number of pyridine rings is 1. The topological polar surface area (TPSA) is 141 Å². The van der Waals surface area contributed by atoms with E-state index >= 15 is 0 Å². The molecule has 10 heteroatoms. The molecule has 10 nitrogen and oxygen atoms in total. The third-order valence-corrected chi connectivity index (χ3v) is 7.22. The number of aryl methyl sites for hydroxylation is 1. The highest BCUT2D eigenvalue weighted by molar-refractivity contribution is 5.92. The van der Waals surface area contributed by atoms with Gasteiger partial charge in [0, 0.05) is 31.0 Å². The highest BCUT2D eigenvalue weighted by Gasteiger charge is 2.31. The highest BCUT2D eigenvalue weighted by Crippen LogP contribution is 2.17. The summed E-state index contributed by atoms with van der Waals surface area (Å²) in [6.07, 6.45) is 7.45. The third kappa shape index (κ3) is 8.23. The number of hydrogen-bond donors (Lipinski definition) is 4. The summed E-state index contributed by atoms with van der Waals surface area (Å²) < 4.78 is 0. The van der Waals surface area contributed by atoms with Crippen molar-refractivity contribution >= 4 is 40.5 Å². The average Bonchev–Trinajstić information content (AvgIpc) is 3.00. The number of aromatic nitrogens is 1. The average molecular weight is 572 g/mol. The van der Waals surface area contributed by atoms with Gasteiger partial charge >= 0.3 is 5.97 Å². The molecular formula is C32H37N5O5. The summed E-state index contributed by atoms with van der Waals surface area (Å²) in [5, 5.41) is 18.1. The Morgan fingerprint density at radius 3 is 2.60 bits per heavy atom. The Kier molecular flexibility index (Phi) is 10.4. The van der Waals surface area contributed by atoms with Crippen LogP contribution in [0.1, 0.15) is 49.9 Å². The van der Waals surface area contributed by atoms with Crippen LogP contribution in [-0.2, 0) is 32.0 Å². The second-order valence-corrected chi connectivity index (χ2v) is 10.4. The Labute approximate surface area is 245 Å². The molecule has 3 amide bonds. The van der Waals surface area contributed by atoms with Crippen LogP contribution in [-0.4, -0.2) is 63.5 Å². The van der Waals surface area contributed by atoms with E-state index in [4.69, 9.17) is 0 Å². The predicted octanol–water partition coefficient (Wildman–Crippen LogP) is 3.01. The third-order valence-electron chi connectivity index (χ3n) is 7.22. The molecule has 0 unspecified atom stereocenters.